The molecule has 0 N–H and O–H groups in total. The number of esters is 1. The summed E-state index contributed by atoms with van der Waals surface area (Å²) in [6.07, 6.45) is 3.14. The lowest BCUT2D eigenvalue weighted by atomic mass is 10.1. The average Bonchev–Trinajstić information content (AvgIpc) is 2.78. The maximum Gasteiger partial charge on any atom is 0.343 e. The number of hydrogen-bond donors (Lipinski definition) is 0. The van der Waals surface area contributed by atoms with Gasteiger partial charge in [0.15, 0.2) is 5.78 Å². The van der Waals surface area contributed by atoms with Crippen molar-refractivity contribution in [1.82, 2.24) is 0 Å². The Balaban J connectivity index is 1.68. The molecule has 0 aliphatic carbocycles. The Morgan fingerprint density at radius 3 is 2.03 bits per heavy atom. The number of carbonyl (C=O) groups is 2. The summed E-state index contributed by atoms with van der Waals surface area (Å²) in [5, 5.41) is 0. The maximum atomic E-state index is 12.5. The van der Waals surface area contributed by atoms with Crippen molar-refractivity contribution < 1.29 is 23.8 Å². The van der Waals surface area contributed by atoms with Gasteiger partial charge >= 0.3 is 5.97 Å². The molecule has 0 unspecified atom stereocenters. The third-order valence-electron chi connectivity index (χ3n) is 4.49. The normalized spacial score (nSPS) is 10.6. The van der Waals surface area contributed by atoms with Gasteiger partial charge in [-0.25, -0.2) is 4.79 Å². The van der Waals surface area contributed by atoms with Gasteiger partial charge in [0, 0.05) is 11.1 Å². The van der Waals surface area contributed by atoms with Gasteiger partial charge in [-0.15, -0.1) is 0 Å². The summed E-state index contributed by atoms with van der Waals surface area (Å²) < 4.78 is 15.9. The number of hydrogen-bond acceptors (Lipinski definition) is 5. The second-order valence-electron chi connectivity index (χ2n) is 6.59. The van der Waals surface area contributed by atoms with Crippen LogP contribution >= 0.6 is 0 Å². The fourth-order valence-electron chi connectivity index (χ4n) is 2.77. The molecule has 0 aromatic heterocycles. The number of ether oxygens (including phenoxy) is 3. The fraction of sp³-hybridized carbons (Fsp3) is 0.120. The number of methoxy groups -OCH3 is 2. The lowest BCUT2D eigenvalue weighted by Gasteiger charge is -2.07. The van der Waals surface area contributed by atoms with Gasteiger partial charge in [0.25, 0.3) is 0 Å². The van der Waals surface area contributed by atoms with Gasteiger partial charge in [-0.2, -0.15) is 0 Å². The molecule has 0 radical (unpaired) electrons. The van der Waals surface area contributed by atoms with Crippen molar-refractivity contribution in [1.29, 1.82) is 0 Å². The topological polar surface area (TPSA) is 61.8 Å². The van der Waals surface area contributed by atoms with Crippen LogP contribution < -0.4 is 14.2 Å². The van der Waals surface area contributed by atoms with Crippen molar-refractivity contribution in [2.24, 2.45) is 0 Å². The van der Waals surface area contributed by atoms with E-state index in [1.807, 2.05) is 19.1 Å². The fourth-order valence-corrected chi connectivity index (χ4v) is 2.77. The predicted molar refractivity (Wildman–Crippen MR) is 115 cm³/mol. The van der Waals surface area contributed by atoms with E-state index >= 15 is 0 Å². The molecule has 30 heavy (non-hydrogen) atoms. The first-order valence-corrected chi connectivity index (χ1v) is 9.33. The Bertz CT molecular complexity index is 1060. The van der Waals surface area contributed by atoms with Crippen molar-refractivity contribution in [3.05, 3.63) is 95.1 Å². The SMILES string of the molecule is COc1ccc(OC)c(C=CC(=O)c2ccc(OC(=O)c3ccc(C)cc3)cc2)c1. The number of rotatable bonds is 7. The number of carbonyl (C=O) groups excluding carboxylic acids is 2. The highest BCUT2D eigenvalue weighted by molar-refractivity contribution is 6.07. The van der Waals surface area contributed by atoms with Crippen LogP contribution in [0.5, 0.6) is 17.2 Å². The minimum absolute atomic E-state index is 0.184. The summed E-state index contributed by atoms with van der Waals surface area (Å²) in [7, 11) is 3.14. The van der Waals surface area contributed by atoms with Crippen LogP contribution in [-0.4, -0.2) is 26.0 Å². The van der Waals surface area contributed by atoms with E-state index in [2.05, 4.69) is 0 Å². The molecule has 0 saturated heterocycles. The zero-order valence-corrected chi connectivity index (χ0v) is 17.0. The molecule has 0 amide bonds. The van der Waals surface area contributed by atoms with Gasteiger partial charge in [0.2, 0.25) is 0 Å². The van der Waals surface area contributed by atoms with E-state index in [0.29, 0.717) is 28.4 Å². The highest BCUT2D eigenvalue weighted by Crippen LogP contribution is 2.25. The summed E-state index contributed by atoms with van der Waals surface area (Å²) in [6.45, 7) is 1.95. The van der Waals surface area contributed by atoms with Crippen LogP contribution in [0.15, 0.2) is 72.8 Å². The van der Waals surface area contributed by atoms with E-state index in [1.165, 1.54) is 6.08 Å². The summed E-state index contributed by atoms with van der Waals surface area (Å²) in [5.74, 6) is 1.05. The van der Waals surface area contributed by atoms with Crippen molar-refractivity contribution >= 4 is 17.8 Å². The molecule has 0 spiro atoms. The van der Waals surface area contributed by atoms with E-state index in [9.17, 15) is 9.59 Å². The van der Waals surface area contributed by atoms with E-state index in [4.69, 9.17) is 14.2 Å². The van der Waals surface area contributed by atoms with Gasteiger partial charge in [-0.3, -0.25) is 4.79 Å². The van der Waals surface area contributed by atoms with Crippen LogP contribution in [0.3, 0.4) is 0 Å². The second kappa shape index (κ2) is 9.56. The lowest BCUT2D eigenvalue weighted by molar-refractivity contribution is 0.0734. The monoisotopic (exact) mass is 402 g/mol. The third kappa shape index (κ3) is 5.14. The molecule has 0 atom stereocenters. The van der Waals surface area contributed by atoms with Crippen LogP contribution in [0.1, 0.15) is 31.8 Å². The summed E-state index contributed by atoms with van der Waals surface area (Å²) in [5.41, 5.74) is 2.74. The Kier molecular flexibility index (Phi) is 6.65. The number of benzene rings is 3. The molecular formula is C25H22O5. The van der Waals surface area contributed by atoms with Crippen LogP contribution in [0.2, 0.25) is 0 Å². The third-order valence-corrected chi connectivity index (χ3v) is 4.49. The standard InChI is InChI=1S/C25H22O5/c1-17-4-6-19(7-5-17)25(27)30-21-11-8-18(9-12-21)23(26)14-10-20-16-22(28-2)13-15-24(20)29-3/h4-16H,1-3H3. The number of aryl methyl sites for hydroxylation is 1. The first kappa shape index (κ1) is 20.9. The molecule has 5 nitrogen and oxygen atoms in total. The lowest BCUT2D eigenvalue weighted by Crippen LogP contribution is -2.08. The molecule has 3 rings (SSSR count). The smallest absolute Gasteiger partial charge is 0.343 e. The molecular weight excluding hydrogens is 380 g/mol. The van der Waals surface area contributed by atoms with Gasteiger partial charge in [0.05, 0.1) is 19.8 Å². The largest absolute Gasteiger partial charge is 0.497 e. The number of allylic oxidation sites excluding steroid dienone is 1. The molecule has 0 aliphatic heterocycles. The Labute approximate surface area is 175 Å². The minimum Gasteiger partial charge on any atom is -0.497 e. The summed E-state index contributed by atoms with van der Waals surface area (Å²) in [6, 6.07) is 18.9. The summed E-state index contributed by atoms with van der Waals surface area (Å²) in [4.78, 5) is 24.7. The Morgan fingerprint density at radius 1 is 0.767 bits per heavy atom. The van der Waals surface area contributed by atoms with Crippen molar-refractivity contribution in [3.63, 3.8) is 0 Å². The number of ketones is 1. The van der Waals surface area contributed by atoms with Crippen LogP contribution in [0.4, 0.5) is 0 Å². The molecule has 152 valence electrons. The van der Waals surface area contributed by atoms with Gasteiger partial charge in [0.1, 0.15) is 17.2 Å². The van der Waals surface area contributed by atoms with Gasteiger partial charge in [-0.05, 0) is 73.7 Å². The quantitative estimate of drug-likeness (QED) is 0.237. The van der Waals surface area contributed by atoms with Crippen molar-refractivity contribution in [3.8, 4) is 17.2 Å². The maximum absolute atomic E-state index is 12.5. The Morgan fingerprint density at radius 2 is 1.40 bits per heavy atom. The molecule has 0 saturated carbocycles. The highest BCUT2D eigenvalue weighted by atomic mass is 16.5. The zero-order chi connectivity index (χ0) is 21.5. The van der Waals surface area contributed by atoms with Gasteiger partial charge in [-0.1, -0.05) is 17.7 Å². The van der Waals surface area contributed by atoms with Crippen molar-refractivity contribution in [2.45, 2.75) is 6.92 Å². The molecule has 0 aliphatic rings. The molecule has 0 heterocycles. The minimum atomic E-state index is -0.445. The zero-order valence-electron chi connectivity index (χ0n) is 17.0. The molecule has 0 fully saturated rings. The van der Waals surface area contributed by atoms with E-state index in [-0.39, 0.29) is 5.78 Å². The van der Waals surface area contributed by atoms with E-state index < -0.39 is 5.97 Å². The second-order valence-corrected chi connectivity index (χ2v) is 6.59. The van der Waals surface area contributed by atoms with Gasteiger partial charge < -0.3 is 14.2 Å². The molecule has 3 aromatic rings. The molecule has 5 heteroatoms. The first-order chi connectivity index (χ1) is 14.5. The van der Waals surface area contributed by atoms with E-state index in [0.717, 1.165) is 11.1 Å². The average molecular weight is 402 g/mol. The highest BCUT2D eigenvalue weighted by Gasteiger charge is 2.09. The van der Waals surface area contributed by atoms with Crippen LogP contribution in [0, 0.1) is 6.92 Å². The molecule has 0 bridgehead atoms. The van der Waals surface area contributed by atoms with Crippen LogP contribution in [0.25, 0.3) is 6.08 Å². The molecule has 3 aromatic carbocycles. The van der Waals surface area contributed by atoms with Crippen molar-refractivity contribution in [2.75, 3.05) is 14.2 Å². The van der Waals surface area contributed by atoms with E-state index in [1.54, 1.807) is 74.9 Å². The predicted octanol–water partition coefficient (Wildman–Crippen LogP) is 5.13. The summed E-state index contributed by atoms with van der Waals surface area (Å²) >= 11 is 0. The Hall–Kier alpha value is -3.86. The van der Waals surface area contributed by atoms with Crippen LogP contribution in [-0.2, 0) is 0 Å². The first-order valence-electron chi connectivity index (χ1n) is 9.33.